The van der Waals surface area contributed by atoms with Crippen LogP contribution in [0.2, 0.25) is 0 Å². The molecule has 2 aromatic rings. The summed E-state index contributed by atoms with van der Waals surface area (Å²) in [7, 11) is 1.64. The van der Waals surface area contributed by atoms with Gasteiger partial charge in [0.1, 0.15) is 11.4 Å². The van der Waals surface area contributed by atoms with Gasteiger partial charge < -0.3 is 9.47 Å². The second kappa shape index (κ2) is 7.21. The lowest BCUT2D eigenvalue weighted by Gasteiger charge is -2.19. The molecule has 0 aliphatic carbocycles. The van der Waals surface area contributed by atoms with Gasteiger partial charge in [0.25, 0.3) is 0 Å². The van der Waals surface area contributed by atoms with Crippen LogP contribution in [0, 0.1) is 0 Å². The van der Waals surface area contributed by atoms with Gasteiger partial charge in [-0.05, 0) is 61.7 Å². The first-order chi connectivity index (χ1) is 11.3. The summed E-state index contributed by atoms with van der Waals surface area (Å²) >= 11 is 0. The minimum atomic E-state index is -0.523. The standard InChI is InChI=1S/C20H23NO3/c1-14(16-7-6-8-18(13-16)23-5)15-9-11-17(12-10-15)21-19(22)24-20(2,3)4/h6-13H,1H2,2-5H3,(H,21,22). The zero-order chi connectivity index (χ0) is 17.7. The van der Waals surface area contributed by atoms with Crippen LogP contribution in [0.4, 0.5) is 10.5 Å². The molecule has 2 rings (SSSR count). The van der Waals surface area contributed by atoms with E-state index in [1.165, 1.54) is 0 Å². The number of ether oxygens (including phenoxy) is 2. The van der Waals surface area contributed by atoms with Gasteiger partial charge in [0.05, 0.1) is 7.11 Å². The SMILES string of the molecule is C=C(c1ccc(NC(=O)OC(C)(C)C)cc1)c1cccc(OC)c1. The van der Waals surface area contributed by atoms with Gasteiger partial charge in [-0.15, -0.1) is 0 Å². The average Bonchev–Trinajstić information content (AvgIpc) is 2.53. The van der Waals surface area contributed by atoms with E-state index in [9.17, 15) is 4.79 Å². The van der Waals surface area contributed by atoms with Crippen molar-refractivity contribution in [2.75, 3.05) is 12.4 Å². The monoisotopic (exact) mass is 325 g/mol. The third kappa shape index (κ3) is 4.88. The van der Waals surface area contributed by atoms with Crippen molar-refractivity contribution in [2.24, 2.45) is 0 Å². The van der Waals surface area contributed by atoms with Crippen molar-refractivity contribution in [1.82, 2.24) is 0 Å². The van der Waals surface area contributed by atoms with Crippen LogP contribution in [0.1, 0.15) is 31.9 Å². The van der Waals surface area contributed by atoms with Crippen LogP contribution in [0.25, 0.3) is 5.57 Å². The Labute approximate surface area is 143 Å². The minimum Gasteiger partial charge on any atom is -0.497 e. The Morgan fingerprint density at radius 3 is 2.29 bits per heavy atom. The molecule has 0 spiro atoms. The lowest BCUT2D eigenvalue weighted by atomic mass is 9.99. The number of carbonyl (C=O) groups is 1. The Balaban J connectivity index is 2.08. The molecule has 126 valence electrons. The van der Waals surface area contributed by atoms with Gasteiger partial charge in [0.15, 0.2) is 0 Å². The first kappa shape index (κ1) is 17.6. The first-order valence-corrected chi connectivity index (χ1v) is 7.72. The summed E-state index contributed by atoms with van der Waals surface area (Å²) in [4.78, 5) is 11.8. The third-order valence-corrected chi connectivity index (χ3v) is 3.30. The Morgan fingerprint density at radius 2 is 1.71 bits per heavy atom. The molecule has 0 fully saturated rings. The van der Waals surface area contributed by atoms with Gasteiger partial charge in [-0.3, -0.25) is 5.32 Å². The molecule has 1 N–H and O–H groups in total. The lowest BCUT2D eigenvalue weighted by Crippen LogP contribution is -2.27. The summed E-state index contributed by atoms with van der Waals surface area (Å²) in [5, 5.41) is 2.71. The second-order valence-corrected chi connectivity index (χ2v) is 6.41. The maximum Gasteiger partial charge on any atom is 0.412 e. The largest absolute Gasteiger partial charge is 0.497 e. The van der Waals surface area contributed by atoms with Crippen LogP contribution in [0.3, 0.4) is 0 Å². The van der Waals surface area contributed by atoms with Crippen LogP contribution in [-0.4, -0.2) is 18.8 Å². The molecule has 1 amide bonds. The van der Waals surface area contributed by atoms with E-state index < -0.39 is 11.7 Å². The highest BCUT2D eigenvalue weighted by Gasteiger charge is 2.16. The molecule has 0 radical (unpaired) electrons. The number of anilines is 1. The Hall–Kier alpha value is -2.75. The summed E-state index contributed by atoms with van der Waals surface area (Å²) in [6, 6.07) is 15.2. The molecule has 0 aliphatic rings. The Morgan fingerprint density at radius 1 is 1.04 bits per heavy atom. The minimum absolute atomic E-state index is 0.470. The molecule has 0 atom stereocenters. The van der Waals surface area contributed by atoms with E-state index in [0.717, 1.165) is 22.4 Å². The summed E-state index contributed by atoms with van der Waals surface area (Å²) in [5.41, 5.74) is 2.99. The highest BCUT2D eigenvalue weighted by molar-refractivity contribution is 5.86. The van der Waals surface area contributed by atoms with Crippen LogP contribution >= 0.6 is 0 Å². The predicted molar refractivity (Wildman–Crippen MR) is 97.4 cm³/mol. The normalized spacial score (nSPS) is 10.8. The lowest BCUT2D eigenvalue weighted by molar-refractivity contribution is 0.0636. The summed E-state index contributed by atoms with van der Waals surface area (Å²) in [6.45, 7) is 9.62. The predicted octanol–water partition coefficient (Wildman–Crippen LogP) is 5.10. The summed E-state index contributed by atoms with van der Waals surface area (Å²) in [6.07, 6.45) is -0.470. The molecule has 4 nitrogen and oxygen atoms in total. The number of hydrogen-bond acceptors (Lipinski definition) is 3. The van der Waals surface area contributed by atoms with Crippen LogP contribution in [0.15, 0.2) is 55.1 Å². The van der Waals surface area contributed by atoms with Crippen LogP contribution in [-0.2, 0) is 4.74 Å². The smallest absolute Gasteiger partial charge is 0.412 e. The van der Waals surface area contributed by atoms with E-state index >= 15 is 0 Å². The van der Waals surface area contributed by atoms with Crippen molar-refractivity contribution in [3.8, 4) is 5.75 Å². The van der Waals surface area contributed by atoms with Gasteiger partial charge >= 0.3 is 6.09 Å². The van der Waals surface area contributed by atoms with Crippen molar-refractivity contribution in [2.45, 2.75) is 26.4 Å². The Bertz CT molecular complexity index is 727. The van der Waals surface area contributed by atoms with Gasteiger partial charge in [-0.1, -0.05) is 30.8 Å². The quantitative estimate of drug-likeness (QED) is 0.850. The molecule has 24 heavy (non-hydrogen) atoms. The van der Waals surface area contributed by atoms with E-state index in [1.54, 1.807) is 7.11 Å². The van der Waals surface area contributed by atoms with Gasteiger partial charge in [0.2, 0.25) is 0 Å². The molecule has 0 aliphatic heterocycles. The highest BCUT2D eigenvalue weighted by Crippen LogP contribution is 2.25. The van der Waals surface area contributed by atoms with E-state index in [0.29, 0.717) is 5.69 Å². The highest BCUT2D eigenvalue weighted by atomic mass is 16.6. The van der Waals surface area contributed by atoms with E-state index in [2.05, 4.69) is 11.9 Å². The summed E-state index contributed by atoms with van der Waals surface area (Å²) in [5.74, 6) is 0.789. The second-order valence-electron chi connectivity index (χ2n) is 6.41. The van der Waals surface area contributed by atoms with E-state index in [4.69, 9.17) is 9.47 Å². The van der Waals surface area contributed by atoms with Gasteiger partial charge in [-0.25, -0.2) is 4.79 Å². The average molecular weight is 325 g/mol. The molecular formula is C20H23NO3. The number of benzene rings is 2. The topological polar surface area (TPSA) is 47.6 Å². The van der Waals surface area contributed by atoms with Crippen LogP contribution < -0.4 is 10.1 Å². The molecule has 0 saturated heterocycles. The maximum atomic E-state index is 11.8. The number of hydrogen-bond donors (Lipinski definition) is 1. The number of carbonyl (C=O) groups excluding carboxylic acids is 1. The van der Waals surface area contributed by atoms with Gasteiger partial charge in [0, 0.05) is 5.69 Å². The van der Waals surface area contributed by atoms with Crippen molar-refractivity contribution in [3.05, 3.63) is 66.2 Å². The summed E-state index contributed by atoms with van der Waals surface area (Å²) < 4.78 is 10.5. The molecule has 2 aromatic carbocycles. The number of amides is 1. The van der Waals surface area contributed by atoms with Crippen molar-refractivity contribution in [3.63, 3.8) is 0 Å². The molecule has 0 aromatic heterocycles. The zero-order valence-corrected chi connectivity index (χ0v) is 14.6. The molecule has 0 saturated carbocycles. The Kier molecular flexibility index (Phi) is 5.29. The van der Waals surface area contributed by atoms with Gasteiger partial charge in [-0.2, -0.15) is 0 Å². The molecule has 0 heterocycles. The zero-order valence-electron chi connectivity index (χ0n) is 14.6. The van der Waals surface area contributed by atoms with Crippen molar-refractivity contribution < 1.29 is 14.3 Å². The third-order valence-electron chi connectivity index (χ3n) is 3.30. The van der Waals surface area contributed by atoms with Crippen LogP contribution in [0.5, 0.6) is 5.75 Å². The van der Waals surface area contributed by atoms with Crippen molar-refractivity contribution in [1.29, 1.82) is 0 Å². The molecular weight excluding hydrogens is 302 g/mol. The van der Waals surface area contributed by atoms with E-state index in [1.807, 2.05) is 69.3 Å². The maximum absolute atomic E-state index is 11.8. The van der Waals surface area contributed by atoms with Crippen molar-refractivity contribution >= 4 is 17.4 Å². The fourth-order valence-corrected chi connectivity index (χ4v) is 2.15. The molecule has 4 heteroatoms. The number of methoxy groups -OCH3 is 1. The number of rotatable bonds is 4. The fraction of sp³-hybridized carbons (Fsp3) is 0.250. The fourth-order valence-electron chi connectivity index (χ4n) is 2.15. The molecule has 0 bridgehead atoms. The first-order valence-electron chi connectivity index (χ1n) is 7.72. The molecule has 0 unspecified atom stereocenters. The number of nitrogens with one attached hydrogen (secondary N) is 1. The van der Waals surface area contributed by atoms with E-state index in [-0.39, 0.29) is 0 Å².